The zero-order valence-electron chi connectivity index (χ0n) is 5.82. The lowest BCUT2D eigenvalue weighted by Gasteiger charge is -1.91. The molecule has 1 heterocycles. The standard InChI is InChI=1S/C7H3FN2OS/c8-5-1-4(3-11)7-6(2-5)9-10-12-7/h1-3H. The van der Waals surface area contributed by atoms with Crippen LogP contribution in [0.15, 0.2) is 12.1 Å². The molecule has 0 atom stereocenters. The Bertz CT molecular complexity index is 440. The molecule has 3 nitrogen and oxygen atoms in total. The van der Waals surface area contributed by atoms with Gasteiger partial charge in [0.2, 0.25) is 0 Å². The van der Waals surface area contributed by atoms with Crippen molar-refractivity contribution in [2.24, 2.45) is 0 Å². The van der Waals surface area contributed by atoms with E-state index in [1.807, 2.05) is 0 Å². The molecule has 5 heteroatoms. The summed E-state index contributed by atoms with van der Waals surface area (Å²) in [6, 6.07) is 2.43. The summed E-state index contributed by atoms with van der Waals surface area (Å²) in [6.07, 6.45) is 0.602. The van der Waals surface area contributed by atoms with Gasteiger partial charge in [0.1, 0.15) is 11.3 Å². The first-order chi connectivity index (χ1) is 5.81. The lowest BCUT2D eigenvalue weighted by Crippen LogP contribution is -1.83. The maximum absolute atomic E-state index is 12.7. The lowest BCUT2D eigenvalue weighted by molar-refractivity contribution is 0.112. The third kappa shape index (κ3) is 0.984. The van der Waals surface area contributed by atoms with E-state index in [-0.39, 0.29) is 0 Å². The van der Waals surface area contributed by atoms with E-state index in [9.17, 15) is 9.18 Å². The van der Waals surface area contributed by atoms with Crippen LogP contribution in [-0.4, -0.2) is 15.9 Å². The smallest absolute Gasteiger partial charge is 0.151 e. The summed E-state index contributed by atoms with van der Waals surface area (Å²) in [7, 11) is 0. The Morgan fingerprint density at radius 3 is 3.08 bits per heavy atom. The van der Waals surface area contributed by atoms with Crippen molar-refractivity contribution in [1.29, 1.82) is 0 Å². The number of aromatic nitrogens is 2. The number of hydrogen-bond donors (Lipinski definition) is 0. The molecule has 0 aliphatic carbocycles. The predicted octanol–water partition coefficient (Wildman–Crippen LogP) is 1.64. The molecule has 0 bridgehead atoms. The van der Waals surface area contributed by atoms with Crippen LogP contribution in [0.3, 0.4) is 0 Å². The number of hydrogen-bond acceptors (Lipinski definition) is 4. The average Bonchev–Trinajstić information content (AvgIpc) is 2.50. The molecule has 0 unspecified atom stereocenters. The van der Waals surface area contributed by atoms with E-state index in [0.29, 0.717) is 22.1 Å². The van der Waals surface area contributed by atoms with E-state index in [1.165, 1.54) is 12.1 Å². The largest absolute Gasteiger partial charge is 0.298 e. The molecule has 0 fully saturated rings. The Morgan fingerprint density at radius 1 is 1.50 bits per heavy atom. The molecular weight excluding hydrogens is 179 g/mol. The number of halogens is 1. The molecule has 0 aliphatic rings. The summed E-state index contributed by atoms with van der Waals surface area (Å²) >= 11 is 1.09. The van der Waals surface area contributed by atoms with Gasteiger partial charge in [-0.25, -0.2) is 4.39 Å². The van der Waals surface area contributed by atoms with Crippen molar-refractivity contribution in [3.63, 3.8) is 0 Å². The van der Waals surface area contributed by atoms with Crippen molar-refractivity contribution in [1.82, 2.24) is 9.59 Å². The van der Waals surface area contributed by atoms with Gasteiger partial charge in [-0.2, -0.15) is 0 Å². The lowest BCUT2D eigenvalue weighted by atomic mass is 10.2. The van der Waals surface area contributed by atoms with Gasteiger partial charge in [0, 0.05) is 11.6 Å². The summed E-state index contributed by atoms with van der Waals surface area (Å²) in [4.78, 5) is 10.5. The van der Waals surface area contributed by atoms with E-state index in [4.69, 9.17) is 0 Å². The molecule has 12 heavy (non-hydrogen) atoms. The zero-order valence-corrected chi connectivity index (χ0v) is 6.64. The number of carbonyl (C=O) groups is 1. The molecule has 2 rings (SSSR count). The second-order valence-corrected chi connectivity index (χ2v) is 2.99. The van der Waals surface area contributed by atoms with Crippen LogP contribution in [0.4, 0.5) is 4.39 Å². The summed E-state index contributed by atoms with van der Waals surface area (Å²) in [5, 5.41) is 3.66. The average molecular weight is 182 g/mol. The minimum atomic E-state index is -0.461. The minimum Gasteiger partial charge on any atom is -0.298 e. The van der Waals surface area contributed by atoms with E-state index >= 15 is 0 Å². The molecular formula is C7H3FN2OS. The Balaban J connectivity index is 2.88. The van der Waals surface area contributed by atoms with E-state index in [2.05, 4.69) is 9.59 Å². The highest BCUT2D eigenvalue weighted by molar-refractivity contribution is 7.13. The number of aldehydes is 1. The number of fused-ring (bicyclic) bond motifs is 1. The van der Waals surface area contributed by atoms with Crippen molar-refractivity contribution >= 4 is 28.0 Å². The van der Waals surface area contributed by atoms with Gasteiger partial charge in [-0.05, 0) is 17.6 Å². The second-order valence-electron chi connectivity index (χ2n) is 2.23. The summed E-state index contributed by atoms with van der Waals surface area (Å²) < 4.78 is 17.0. The summed E-state index contributed by atoms with van der Waals surface area (Å²) in [5.41, 5.74) is 0.738. The first-order valence-corrected chi connectivity index (χ1v) is 3.95. The third-order valence-corrected chi connectivity index (χ3v) is 2.26. The van der Waals surface area contributed by atoms with Crippen LogP contribution in [0.1, 0.15) is 10.4 Å². The van der Waals surface area contributed by atoms with Crippen LogP contribution in [0.2, 0.25) is 0 Å². The van der Waals surface area contributed by atoms with E-state index in [0.717, 1.165) is 11.5 Å². The number of benzene rings is 1. The molecule has 0 spiro atoms. The highest BCUT2D eigenvalue weighted by Crippen LogP contribution is 2.20. The molecule has 0 amide bonds. The maximum Gasteiger partial charge on any atom is 0.151 e. The van der Waals surface area contributed by atoms with Gasteiger partial charge in [-0.15, -0.1) is 5.10 Å². The van der Waals surface area contributed by atoms with Crippen LogP contribution in [-0.2, 0) is 0 Å². The maximum atomic E-state index is 12.7. The minimum absolute atomic E-state index is 0.306. The van der Waals surface area contributed by atoms with Gasteiger partial charge in [0.25, 0.3) is 0 Å². The van der Waals surface area contributed by atoms with Gasteiger partial charge in [0.15, 0.2) is 6.29 Å². The first-order valence-electron chi connectivity index (χ1n) is 3.18. The summed E-state index contributed by atoms with van der Waals surface area (Å²) in [6.45, 7) is 0. The van der Waals surface area contributed by atoms with Gasteiger partial charge in [-0.1, -0.05) is 4.49 Å². The quantitative estimate of drug-likeness (QED) is 0.629. The summed E-state index contributed by atoms with van der Waals surface area (Å²) in [5.74, 6) is -0.461. The van der Waals surface area contributed by atoms with E-state index in [1.54, 1.807) is 0 Å². The topological polar surface area (TPSA) is 42.9 Å². The molecule has 60 valence electrons. The second kappa shape index (κ2) is 2.60. The van der Waals surface area contributed by atoms with Crippen molar-refractivity contribution in [2.45, 2.75) is 0 Å². The van der Waals surface area contributed by atoms with Crippen LogP contribution < -0.4 is 0 Å². The number of nitrogens with zero attached hydrogens (tertiary/aromatic N) is 2. The van der Waals surface area contributed by atoms with Gasteiger partial charge < -0.3 is 0 Å². The van der Waals surface area contributed by atoms with Crippen molar-refractivity contribution in [3.05, 3.63) is 23.5 Å². The van der Waals surface area contributed by atoms with Crippen LogP contribution in [0.25, 0.3) is 10.2 Å². The van der Waals surface area contributed by atoms with Crippen LogP contribution in [0.5, 0.6) is 0 Å². The van der Waals surface area contributed by atoms with Gasteiger partial charge >= 0.3 is 0 Å². The highest BCUT2D eigenvalue weighted by atomic mass is 32.1. The Kier molecular flexibility index (Phi) is 1.58. The van der Waals surface area contributed by atoms with Gasteiger partial charge in [-0.3, -0.25) is 4.79 Å². The van der Waals surface area contributed by atoms with Crippen molar-refractivity contribution in [2.75, 3.05) is 0 Å². The molecule has 0 aliphatic heterocycles. The Labute approximate surface area is 71.0 Å². The van der Waals surface area contributed by atoms with Crippen molar-refractivity contribution < 1.29 is 9.18 Å². The van der Waals surface area contributed by atoms with E-state index < -0.39 is 5.82 Å². The van der Waals surface area contributed by atoms with Crippen LogP contribution in [0, 0.1) is 5.82 Å². The molecule has 0 saturated carbocycles. The highest BCUT2D eigenvalue weighted by Gasteiger charge is 2.06. The molecule has 1 aromatic heterocycles. The molecule has 0 N–H and O–H groups in total. The third-order valence-electron chi connectivity index (χ3n) is 1.47. The van der Waals surface area contributed by atoms with Crippen LogP contribution >= 0.6 is 11.5 Å². The fourth-order valence-electron chi connectivity index (χ4n) is 0.966. The molecule has 0 saturated heterocycles. The Morgan fingerprint density at radius 2 is 2.33 bits per heavy atom. The number of carbonyl (C=O) groups excluding carboxylic acids is 1. The number of rotatable bonds is 1. The SMILES string of the molecule is O=Cc1cc(F)cc2nnsc12. The zero-order chi connectivity index (χ0) is 8.55. The first kappa shape index (κ1) is 7.30. The molecule has 1 aromatic carbocycles. The predicted molar refractivity (Wildman–Crippen MR) is 42.8 cm³/mol. The van der Waals surface area contributed by atoms with Gasteiger partial charge in [0.05, 0.1) is 4.70 Å². The molecule has 2 aromatic rings. The fraction of sp³-hybridized carbons (Fsp3) is 0. The monoisotopic (exact) mass is 182 g/mol. The molecule has 0 radical (unpaired) electrons. The fourth-order valence-corrected chi connectivity index (χ4v) is 1.58. The van der Waals surface area contributed by atoms with Crippen molar-refractivity contribution in [3.8, 4) is 0 Å². The normalized spacial score (nSPS) is 10.4. The Hall–Kier alpha value is -1.36.